The van der Waals surface area contributed by atoms with Crippen molar-refractivity contribution in [3.8, 4) is 5.75 Å². The molecule has 1 aliphatic heterocycles. The molecule has 1 amide bonds. The molecule has 2 N–H and O–H groups in total. The number of hydrogen-bond acceptors (Lipinski definition) is 5. The van der Waals surface area contributed by atoms with Crippen LogP contribution >= 0.6 is 0 Å². The fourth-order valence-corrected chi connectivity index (χ4v) is 2.71. The number of alkyl halides is 3. The van der Waals surface area contributed by atoms with Gasteiger partial charge >= 0.3 is 6.36 Å². The first-order valence-electron chi connectivity index (χ1n) is 8.38. The number of amides is 1. The number of hydrogen-bond donors (Lipinski definition) is 1. The molecule has 0 aliphatic carbocycles. The Morgan fingerprint density at radius 1 is 1.43 bits per heavy atom. The molecule has 0 bridgehead atoms. The van der Waals surface area contributed by atoms with E-state index in [1.807, 2.05) is 0 Å². The number of nitrogens with two attached hydrogens (primary N) is 1. The molecule has 1 saturated heterocycles. The largest absolute Gasteiger partial charge is 0.573 e. The van der Waals surface area contributed by atoms with E-state index < -0.39 is 24.1 Å². The van der Waals surface area contributed by atoms with Gasteiger partial charge in [-0.15, -0.1) is 13.2 Å². The predicted molar refractivity (Wildman–Crippen MR) is 93.5 cm³/mol. The van der Waals surface area contributed by atoms with Gasteiger partial charge in [0.1, 0.15) is 5.75 Å². The van der Waals surface area contributed by atoms with E-state index in [-0.39, 0.29) is 24.1 Å². The summed E-state index contributed by atoms with van der Waals surface area (Å²) in [5.41, 5.74) is 6.16. The van der Waals surface area contributed by atoms with Crippen molar-refractivity contribution in [1.29, 1.82) is 0 Å². The lowest BCUT2D eigenvalue weighted by molar-refractivity contribution is -0.274. The summed E-state index contributed by atoms with van der Waals surface area (Å²) in [4.78, 5) is 23.0. The number of halogens is 3. The van der Waals surface area contributed by atoms with Crippen molar-refractivity contribution in [2.75, 3.05) is 11.4 Å². The van der Waals surface area contributed by atoms with Crippen molar-refractivity contribution in [2.45, 2.75) is 31.9 Å². The normalized spacial score (nSPS) is 19.0. The van der Waals surface area contributed by atoms with Crippen LogP contribution < -0.4 is 15.4 Å². The maximum atomic E-state index is 12.5. The number of oxime groups is 1. The molecule has 1 aromatic heterocycles. The molecule has 2 aromatic rings. The predicted octanol–water partition coefficient (Wildman–Crippen LogP) is 2.44. The first-order valence-corrected chi connectivity index (χ1v) is 8.38. The Hall–Kier alpha value is -3.24. The summed E-state index contributed by atoms with van der Waals surface area (Å²) in [5, 5.41) is 3.83. The molecule has 150 valence electrons. The highest BCUT2D eigenvalue weighted by Gasteiger charge is 2.36. The molecule has 2 unspecified atom stereocenters. The second-order valence-corrected chi connectivity index (χ2v) is 6.12. The van der Waals surface area contributed by atoms with Crippen LogP contribution in [0.2, 0.25) is 0 Å². The lowest BCUT2D eigenvalue weighted by atomic mass is 10.3. The Labute approximate surface area is 158 Å². The summed E-state index contributed by atoms with van der Waals surface area (Å²) >= 11 is 0. The van der Waals surface area contributed by atoms with Gasteiger partial charge in [0.25, 0.3) is 5.91 Å². The van der Waals surface area contributed by atoms with Crippen molar-refractivity contribution in [3.05, 3.63) is 43.0 Å². The minimum atomic E-state index is -4.81. The standard InChI is InChI=1S/C17H18F3N5O3/c1-11(24-8-6-22-10-24)15(21)23-28-14-5-7-25(16(14)26)12-3-2-4-13(9-12)27-17(18,19)20/h2-4,6,8-11,14H,5,7H2,1H3,(H2,21,23). The Morgan fingerprint density at radius 2 is 2.21 bits per heavy atom. The minimum absolute atomic E-state index is 0.157. The molecule has 0 spiro atoms. The minimum Gasteiger partial charge on any atom is -0.406 e. The number of amidine groups is 1. The van der Waals surface area contributed by atoms with Gasteiger partial charge in [-0.25, -0.2) is 4.98 Å². The van der Waals surface area contributed by atoms with E-state index in [0.717, 1.165) is 12.1 Å². The Balaban J connectivity index is 1.65. The molecule has 1 aliphatic rings. The van der Waals surface area contributed by atoms with Crippen molar-refractivity contribution < 1.29 is 27.5 Å². The Kier molecular flexibility index (Phi) is 5.43. The summed E-state index contributed by atoms with van der Waals surface area (Å²) in [6.07, 6.45) is -0.478. The molecule has 28 heavy (non-hydrogen) atoms. The van der Waals surface area contributed by atoms with Gasteiger partial charge in [-0.2, -0.15) is 0 Å². The van der Waals surface area contributed by atoms with Gasteiger partial charge in [-0.1, -0.05) is 11.2 Å². The van der Waals surface area contributed by atoms with Gasteiger partial charge in [-0.05, 0) is 19.1 Å². The third-order valence-electron chi connectivity index (χ3n) is 4.20. The topological polar surface area (TPSA) is 95.0 Å². The highest BCUT2D eigenvalue weighted by molar-refractivity contribution is 5.99. The number of aromatic nitrogens is 2. The maximum Gasteiger partial charge on any atom is 0.573 e. The maximum absolute atomic E-state index is 12.5. The number of ether oxygens (including phenoxy) is 1. The van der Waals surface area contributed by atoms with E-state index in [4.69, 9.17) is 10.6 Å². The highest BCUT2D eigenvalue weighted by Crippen LogP contribution is 2.29. The highest BCUT2D eigenvalue weighted by atomic mass is 19.4. The number of benzene rings is 1. The lowest BCUT2D eigenvalue weighted by Crippen LogP contribution is -2.31. The van der Waals surface area contributed by atoms with Gasteiger partial charge in [0.2, 0.25) is 6.10 Å². The van der Waals surface area contributed by atoms with Crippen molar-refractivity contribution in [1.82, 2.24) is 9.55 Å². The molecule has 11 heteroatoms. The van der Waals surface area contributed by atoms with E-state index in [1.165, 1.54) is 17.0 Å². The third-order valence-corrected chi connectivity index (χ3v) is 4.20. The van der Waals surface area contributed by atoms with Gasteiger partial charge in [0.05, 0.1) is 12.4 Å². The second kappa shape index (κ2) is 7.79. The fourth-order valence-electron chi connectivity index (χ4n) is 2.71. The zero-order chi connectivity index (χ0) is 20.3. The number of imidazole rings is 1. The van der Waals surface area contributed by atoms with Crippen LogP contribution in [-0.4, -0.2) is 40.3 Å². The van der Waals surface area contributed by atoms with Gasteiger partial charge in [-0.3, -0.25) is 4.79 Å². The first kappa shape index (κ1) is 19.5. The average Bonchev–Trinajstić information content (AvgIpc) is 3.28. The lowest BCUT2D eigenvalue weighted by Gasteiger charge is -2.18. The third kappa shape index (κ3) is 4.53. The summed E-state index contributed by atoms with van der Waals surface area (Å²) < 4.78 is 42.7. The molecule has 0 radical (unpaired) electrons. The van der Waals surface area contributed by atoms with Crippen LogP contribution in [0.1, 0.15) is 19.4 Å². The average molecular weight is 397 g/mol. The molecule has 2 atom stereocenters. The van der Waals surface area contributed by atoms with Crippen LogP contribution in [0, 0.1) is 0 Å². The molecule has 0 saturated carbocycles. The number of carbonyl (C=O) groups is 1. The molecule has 1 aromatic carbocycles. The van der Waals surface area contributed by atoms with Crippen LogP contribution in [0.4, 0.5) is 18.9 Å². The smallest absolute Gasteiger partial charge is 0.406 e. The van der Waals surface area contributed by atoms with Crippen LogP contribution in [-0.2, 0) is 9.63 Å². The summed E-state index contributed by atoms with van der Waals surface area (Å²) in [6.45, 7) is 2.06. The number of carbonyl (C=O) groups excluding carboxylic acids is 1. The molecule has 2 heterocycles. The van der Waals surface area contributed by atoms with Crippen LogP contribution in [0.3, 0.4) is 0 Å². The van der Waals surface area contributed by atoms with E-state index in [1.54, 1.807) is 30.2 Å². The van der Waals surface area contributed by atoms with E-state index in [0.29, 0.717) is 6.42 Å². The molecular weight excluding hydrogens is 379 g/mol. The number of nitrogens with zero attached hydrogens (tertiary/aromatic N) is 4. The van der Waals surface area contributed by atoms with E-state index >= 15 is 0 Å². The van der Waals surface area contributed by atoms with Crippen LogP contribution in [0.25, 0.3) is 0 Å². The van der Waals surface area contributed by atoms with Gasteiger partial charge < -0.3 is 24.8 Å². The summed E-state index contributed by atoms with van der Waals surface area (Å²) in [7, 11) is 0. The molecule has 8 nitrogen and oxygen atoms in total. The van der Waals surface area contributed by atoms with Gasteiger partial charge in [0.15, 0.2) is 5.84 Å². The second-order valence-electron chi connectivity index (χ2n) is 6.12. The van der Waals surface area contributed by atoms with Gasteiger partial charge in [0, 0.05) is 37.1 Å². The SMILES string of the molecule is CC(/C(N)=N/OC1CCN(c2cccc(OC(F)(F)F)c2)C1=O)n1ccnc1. The monoisotopic (exact) mass is 397 g/mol. The zero-order valence-electron chi connectivity index (χ0n) is 14.8. The van der Waals surface area contributed by atoms with Crippen molar-refractivity contribution in [2.24, 2.45) is 10.9 Å². The van der Waals surface area contributed by atoms with E-state index in [2.05, 4.69) is 14.9 Å². The summed E-state index contributed by atoms with van der Waals surface area (Å²) in [6, 6.07) is 4.88. The van der Waals surface area contributed by atoms with Crippen LogP contribution in [0.5, 0.6) is 5.75 Å². The van der Waals surface area contributed by atoms with Crippen molar-refractivity contribution >= 4 is 17.4 Å². The fraction of sp³-hybridized carbons (Fsp3) is 0.353. The van der Waals surface area contributed by atoms with Crippen molar-refractivity contribution in [3.63, 3.8) is 0 Å². The first-order chi connectivity index (χ1) is 13.2. The molecular formula is C17H18F3N5O3. The molecule has 3 rings (SSSR count). The van der Waals surface area contributed by atoms with E-state index in [9.17, 15) is 18.0 Å². The quantitative estimate of drug-likeness (QED) is 0.459. The summed E-state index contributed by atoms with van der Waals surface area (Å²) in [5.74, 6) is -0.667. The number of anilines is 1. The number of rotatable bonds is 6. The van der Waals surface area contributed by atoms with Crippen LogP contribution in [0.15, 0.2) is 48.1 Å². The molecule has 1 fully saturated rings. The Morgan fingerprint density at radius 3 is 2.89 bits per heavy atom. The Bertz CT molecular complexity index is 854. The zero-order valence-corrected chi connectivity index (χ0v) is 14.8.